The lowest BCUT2D eigenvalue weighted by atomic mass is 10.1. The summed E-state index contributed by atoms with van der Waals surface area (Å²) in [5, 5.41) is 17.6. The van der Waals surface area contributed by atoms with Gasteiger partial charge in [-0.3, -0.25) is 5.41 Å². The van der Waals surface area contributed by atoms with Crippen molar-refractivity contribution in [3.8, 4) is 5.75 Å². The summed E-state index contributed by atoms with van der Waals surface area (Å²) >= 11 is 5.89. The molecule has 1 aliphatic rings. The monoisotopic (exact) mass is 347 g/mol. The van der Waals surface area contributed by atoms with E-state index in [1.165, 1.54) is 25.0 Å². The Morgan fingerprint density at radius 1 is 1.25 bits per heavy atom. The minimum Gasteiger partial charge on any atom is -0.506 e. The van der Waals surface area contributed by atoms with Gasteiger partial charge in [0.15, 0.2) is 0 Å². The van der Waals surface area contributed by atoms with E-state index in [0.29, 0.717) is 29.5 Å². The molecule has 5 nitrogen and oxygen atoms in total. The van der Waals surface area contributed by atoms with Crippen LogP contribution >= 0.6 is 11.6 Å². The number of rotatable bonds is 7. The molecule has 0 heterocycles. The number of phenols is 1. The molecule has 24 heavy (non-hydrogen) atoms. The van der Waals surface area contributed by atoms with E-state index in [4.69, 9.17) is 27.5 Å². The van der Waals surface area contributed by atoms with Gasteiger partial charge in [0.05, 0.1) is 34.4 Å². The summed E-state index contributed by atoms with van der Waals surface area (Å²) in [6.45, 7) is 2.73. The molecule has 1 aliphatic carbocycles. The van der Waals surface area contributed by atoms with Gasteiger partial charge >= 0.3 is 0 Å². The SMILES string of the molecule is CCCCCCOC1=C/C(=N/c2ccc(O)c(Cl)c2)C(N)=CC1=N. The first kappa shape index (κ1) is 18.1. The summed E-state index contributed by atoms with van der Waals surface area (Å²) in [5.41, 5.74) is 7.66. The number of allylic oxidation sites excluding steroid dienone is 2. The van der Waals surface area contributed by atoms with E-state index in [2.05, 4.69) is 11.9 Å². The van der Waals surface area contributed by atoms with Crippen LogP contribution in [0.2, 0.25) is 5.02 Å². The van der Waals surface area contributed by atoms with Gasteiger partial charge in [0, 0.05) is 6.08 Å². The largest absolute Gasteiger partial charge is 0.506 e. The van der Waals surface area contributed by atoms with Gasteiger partial charge in [-0.25, -0.2) is 4.99 Å². The van der Waals surface area contributed by atoms with Crippen molar-refractivity contribution in [2.45, 2.75) is 32.6 Å². The van der Waals surface area contributed by atoms with Gasteiger partial charge in [-0.2, -0.15) is 0 Å². The molecule has 0 aromatic heterocycles. The standard InChI is InChI=1S/C18H22ClN3O2/c1-2-3-4-5-8-24-18-11-16(14(20)10-15(18)21)22-12-6-7-17(23)13(19)9-12/h6-7,9-11,21,23H,2-5,8,20H2,1H3/b21-15?,22-16-. The van der Waals surface area contributed by atoms with E-state index >= 15 is 0 Å². The number of nitrogens with one attached hydrogen (secondary N) is 1. The highest BCUT2D eigenvalue weighted by atomic mass is 35.5. The van der Waals surface area contributed by atoms with Gasteiger partial charge in [0.2, 0.25) is 0 Å². The highest BCUT2D eigenvalue weighted by molar-refractivity contribution is 6.32. The number of nitrogens with zero attached hydrogens (tertiary/aromatic N) is 1. The van der Waals surface area contributed by atoms with Crippen LogP contribution in [0.3, 0.4) is 0 Å². The summed E-state index contributed by atoms with van der Waals surface area (Å²) in [6.07, 6.45) is 7.62. The number of nitrogens with two attached hydrogens (primary N) is 1. The van der Waals surface area contributed by atoms with E-state index in [9.17, 15) is 5.11 Å². The van der Waals surface area contributed by atoms with Gasteiger partial charge in [-0.05, 0) is 30.7 Å². The Bertz CT molecular complexity index is 708. The minimum absolute atomic E-state index is 0.00111. The second-order valence-corrected chi connectivity index (χ2v) is 5.97. The predicted molar refractivity (Wildman–Crippen MR) is 98.4 cm³/mol. The molecular weight excluding hydrogens is 326 g/mol. The fourth-order valence-electron chi connectivity index (χ4n) is 2.22. The third kappa shape index (κ3) is 4.86. The third-order valence-corrected chi connectivity index (χ3v) is 3.87. The van der Waals surface area contributed by atoms with Crippen LogP contribution in [0.1, 0.15) is 32.6 Å². The van der Waals surface area contributed by atoms with Crippen LogP contribution in [0, 0.1) is 5.41 Å². The van der Waals surface area contributed by atoms with Crippen LogP contribution in [0.25, 0.3) is 0 Å². The normalized spacial score (nSPS) is 16.1. The number of phenolic OH excluding ortho intramolecular Hbond substituents is 1. The molecule has 0 radical (unpaired) electrons. The summed E-state index contributed by atoms with van der Waals surface area (Å²) in [7, 11) is 0. The maximum absolute atomic E-state index is 9.46. The predicted octanol–water partition coefficient (Wildman–Crippen LogP) is 4.47. The first-order chi connectivity index (χ1) is 11.5. The van der Waals surface area contributed by atoms with Crippen molar-refractivity contribution in [3.05, 3.63) is 46.8 Å². The second kappa shape index (κ2) is 8.55. The second-order valence-electron chi connectivity index (χ2n) is 5.56. The van der Waals surface area contributed by atoms with Crippen LogP contribution in [0.5, 0.6) is 5.75 Å². The Morgan fingerprint density at radius 3 is 2.75 bits per heavy atom. The number of benzene rings is 1. The Kier molecular flexibility index (Phi) is 6.44. The van der Waals surface area contributed by atoms with Crippen LogP contribution in [0.15, 0.2) is 46.8 Å². The zero-order chi connectivity index (χ0) is 17.5. The molecule has 128 valence electrons. The van der Waals surface area contributed by atoms with E-state index in [0.717, 1.165) is 12.8 Å². The van der Waals surface area contributed by atoms with Crippen LogP contribution in [-0.4, -0.2) is 23.1 Å². The molecule has 0 spiro atoms. The number of hydrogen-bond acceptors (Lipinski definition) is 5. The molecule has 0 unspecified atom stereocenters. The Morgan fingerprint density at radius 2 is 2.04 bits per heavy atom. The lowest BCUT2D eigenvalue weighted by molar-refractivity contribution is 0.223. The van der Waals surface area contributed by atoms with E-state index < -0.39 is 0 Å². The van der Waals surface area contributed by atoms with Crippen molar-refractivity contribution in [2.24, 2.45) is 10.7 Å². The zero-order valence-corrected chi connectivity index (χ0v) is 14.4. The molecule has 6 heteroatoms. The number of ether oxygens (including phenoxy) is 1. The fraction of sp³-hybridized carbons (Fsp3) is 0.333. The maximum atomic E-state index is 9.46. The number of hydrogen-bond donors (Lipinski definition) is 3. The molecule has 0 amide bonds. The van der Waals surface area contributed by atoms with Crippen molar-refractivity contribution < 1.29 is 9.84 Å². The Balaban J connectivity index is 2.12. The topological polar surface area (TPSA) is 91.7 Å². The fourth-order valence-corrected chi connectivity index (χ4v) is 2.39. The Labute approximate surface area is 147 Å². The highest BCUT2D eigenvalue weighted by Crippen LogP contribution is 2.28. The lowest BCUT2D eigenvalue weighted by Gasteiger charge is -2.15. The van der Waals surface area contributed by atoms with Crippen LogP contribution in [0.4, 0.5) is 5.69 Å². The quantitative estimate of drug-likeness (QED) is 0.501. The average Bonchev–Trinajstić information content (AvgIpc) is 2.54. The third-order valence-electron chi connectivity index (χ3n) is 3.57. The summed E-state index contributed by atoms with van der Waals surface area (Å²) in [5.74, 6) is 0.463. The summed E-state index contributed by atoms with van der Waals surface area (Å²) in [4.78, 5) is 4.42. The van der Waals surface area contributed by atoms with Crippen molar-refractivity contribution in [2.75, 3.05) is 6.61 Å². The summed E-state index contributed by atoms with van der Waals surface area (Å²) < 4.78 is 5.69. The zero-order valence-electron chi connectivity index (χ0n) is 13.7. The lowest BCUT2D eigenvalue weighted by Crippen LogP contribution is -2.19. The molecule has 1 aromatic rings. The molecule has 0 saturated carbocycles. The molecular formula is C18H22ClN3O2. The average molecular weight is 348 g/mol. The van der Waals surface area contributed by atoms with Gasteiger partial charge < -0.3 is 15.6 Å². The van der Waals surface area contributed by atoms with E-state index in [1.54, 1.807) is 18.2 Å². The van der Waals surface area contributed by atoms with Crippen molar-refractivity contribution in [1.82, 2.24) is 0 Å². The smallest absolute Gasteiger partial charge is 0.146 e. The van der Waals surface area contributed by atoms with E-state index in [1.807, 2.05) is 0 Å². The first-order valence-electron chi connectivity index (χ1n) is 7.99. The van der Waals surface area contributed by atoms with Gasteiger partial charge in [0.25, 0.3) is 0 Å². The molecule has 0 fully saturated rings. The van der Waals surface area contributed by atoms with Crippen LogP contribution in [-0.2, 0) is 4.74 Å². The van der Waals surface area contributed by atoms with Gasteiger partial charge in [-0.15, -0.1) is 0 Å². The van der Waals surface area contributed by atoms with Crippen molar-refractivity contribution in [1.29, 1.82) is 5.41 Å². The molecule has 0 bridgehead atoms. The minimum atomic E-state index is 0.00111. The highest BCUT2D eigenvalue weighted by Gasteiger charge is 2.15. The molecule has 0 saturated heterocycles. The molecule has 1 aromatic carbocycles. The number of aliphatic imine (C=N–C) groups is 1. The van der Waals surface area contributed by atoms with Gasteiger partial charge in [0.1, 0.15) is 11.5 Å². The first-order valence-corrected chi connectivity index (χ1v) is 8.37. The molecule has 0 atom stereocenters. The number of unbranched alkanes of at least 4 members (excludes halogenated alkanes) is 3. The Hall–Kier alpha value is -2.27. The molecule has 2 rings (SSSR count). The summed E-state index contributed by atoms with van der Waals surface area (Å²) in [6, 6.07) is 4.66. The van der Waals surface area contributed by atoms with E-state index in [-0.39, 0.29) is 16.5 Å². The number of aromatic hydroxyl groups is 1. The molecule has 0 aliphatic heterocycles. The van der Waals surface area contributed by atoms with Crippen molar-refractivity contribution >= 4 is 28.7 Å². The molecule has 4 N–H and O–H groups in total. The van der Waals surface area contributed by atoms with Crippen LogP contribution < -0.4 is 5.73 Å². The number of halogens is 1. The maximum Gasteiger partial charge on any atom is 0.146 e. The van der Waals surface area contributed by atoms with Gasteiger partial charge in [-0.1, -0.05) is 37.8 Å². The van der Waals surface area contributed by atoms with Crippen molar-refractivity contribution in [3.63, 3.8) is 0 Å².